The van der Waals surface area contributed by atoms with Gasteiger partial charge in [0.15, 0.2) is 6.29 Å². The number of para-hydroxylation sites is 2. The van der Waals surface area contributed by atoms with Crippen molar-refractivity contribution in [2.75, 3.05) is 5.75 Å². The highest BCUT2D eigenvalue weighted by Gasteiger charge is 2.32. The number of nitrogens with one attached hydrogen (secondary N) is 1. The average Bonchev–Trinajstić information content (AvgIpc) is 3.19. The maximum Gasteiger partial charge on any atom is 0.336 e. The lowest BCUT2D eigenvalue weighted by Gasteiger charge is -2.36. The third kappa shape index (κ3) is 8.16. The van der Waals surface area contributed by atoms with Crippen molar-refractivity contribution < 1.29 is 29.3 Å². The van der Waals surface area contributed by atoms with E-state index in [1.54, 1.807) is 12.1 Å². The van der Waals surface area contributed by atoms with Crippen LogP contribution in [0.2, 0.25) is 0 Å². The Morgan fingerprint density at radius 1 is 0.784 bits per heavy atom. The number of aliphatic hydroxyl groups excluding tert-OH is 1. The number of benzene rings is 5. The van der Waals surface area contributed by atoms with E-state index in [1.807, 2.05) is 109 Å². The molecule has 256 valence electrons. The summed E-state index contributed by atoms with van der Waals surface area (Å²) in [5.74, 6) is -0.706. The van der Waals surface area contributed by atoms with Crippen LogP contribution in [0.3, 0.4) is 0 Å². The molecule has 3 N–H and O–H groups in total. The highest BCUT2D eigenvalue weighted by Crippen LogP contribution is 2.40. The van der Waals surface area contributed by atoms with E-state index in [1.165, 1.54) is 18.0 Å². The Hall–Kier alpha value is -5.39. The quantitative estimate of drug-likeness (QED) is 0.116. The van der Waals surface area contributed by atoms with Gasteiger partial charge < -0.3 is 25.0 Å². The van der Waals surface area contributed by atoms with Crippen molar-refractivity contribution in [2.45, 2.75) is 43.0 Å². The van der Waals surface area contributed by atoms with E-state index in [0.29, 0.717) is 29.1 Å². The molecule has 0 saturated carbocycles. The van der Waals surface area contributed by atoms with Gasteiger partial charge in [-0.15, -0.1) is 11.8 Å². The molecule has 0 aliphatic carbocycles. The first-order valence-corrected chi connectivity index (χ1v) is 17.6. The number of aromatic carboxylic acids is 1. The van der Waals surface area contributed by atoms with E-state index in [4.69, 9.17) is 9.47 Å². The van der Waals surface area contributed by atoms with Crippen LogP contribution in [-0.4, -0.2) is 43.9 Å². The standard InChI is InChI=1S/C41H35N3O6S/c45-24-26-12-14-29(15-13-26)37-21-32(25-51-38-11-4-1-8-33(38)40(47)48)49-41(50-37)30-18-16-28(17-19-30)31-7-5-6-27(20-31)22-43-39(46)36-23-42-34-9-2-3-10-35(34)44-36/h1-20,23,32,37,41,45H,21-22,24-25H2,(H,43,46)(H,47,48)/t32-,37+,41+/m1/s1. The van der Waals surface area contributed by atoms with E-state index in [2.05, 4.69) is 15.3 Å². The molecule has 9 nitrogen and oxygen atoms in total. The normalized spacial score (nSPS) is 17.2. The van der Waals surface area contributed by atoms with Gasteiger partial charge in [-0.2, -0.15) is 0 Å². The summed E-state index contributed by atoms with van der Waals surface area (Å²) in [6, 6.07) is 38.2. The number of aliphatic hydroxyl groups is 1. The summed E-state index contributed by atoms with van der Waals surface area (Å²) in [4.78, 5) is 34.1. The molecule has 6 aromatic rings. The molecular formula is C41H35N3O6S. The van der Waals surface area contributed by atoms with Crippen molar-refractivity contribution in [1.82, 2.24) is 15.3 Å². The lowest BCUT2D eigenvalue weighted by molar-refractivity contribution is -0.245. The van der Waals surface area contributed by atoms with Gasteiger partial charge in [0.25, 0.3) is 5.91 Å². The second kappa shape index (κ2) is 15.7. The summed E-state index contributed by atoms with van der Waals surface area (Å²) in [7, 11) is 0. The van der Waals surface area contributed by atoms with Crippen molar-refractivity contribution in [3.05, 3.63) is 161 Å². The average molecular weight is 698 g/mol. The van der Waals surface area contributed by atoms with Gasteiger partial charge in [0.1, 0.15) is 5.69 Å². The Bertz CT molecular complexity index is 2160. The van der Waals surface area contributed by atoms with Crippen LogP contribution < -0.4 is 5.32 Å². The molecule has 1 fully saturated rings. The van der Waals surface area contributed by atoms with E-state index in [9.17, 15) is 19.8 Å². The Kier molecular flexibility index (Phi) is 10.5. The van der Waals surface area contributed by atoms with Crippen LogP contribution >= 0.6 is 11.8 Å². The fraction of sp³-hybridized carbons (Fsp3) is 0.171. The molecule has 1 aliphatic rings. The van der Waals surface area contributed by atoms with Crippen molar-refractivity contribution in [1.29, 1.82) is 0 Å². The van der Waals surface area contributed by atoms with Crippen LogP contribution in [0.15, 0.2) is 132 Å². The number of thioether (sulfide) groups is 1. The lowest BCUT2D eigenvalue weighted by atomic mass is 9.99. The zero-order chi connectivity index (χ0) is 35.2. The number of carbonyl (C=O) groups is 2. The number of hydrogen-bond donors (Lipinski definition) is 3. The second-order valence-electron chi connectivity index (χ2n) is 12.2. The van der Waals surface area contributed by atoms with Gasteiger partial charge in [0.05, 0.1) is 41.6 Å². The number of fused-ring (bicyclic) bond motifs is 1. The summed E-state index contributed by atoms with van der Waals surface area (Å²) < 4.78 is 13.0. The highest BCUT2D eigenvalue weighted by molar-refractivity contribution is 7.99. The van der Waals surface area contributed by atoms with Crippen molar-refractivity contribution in [3.8, 4) is 11.1 Å². The Balaban J connectivity index is 1.05. The summed E-state index contributed by atoms with van der Waals surface area (Å²) >= 11 is 1.46. The minimum Gasteiger partial charge on any atom is -0.478 e. The van der Waals surface area contributed by atoms with Crippen LogP contribution in [0, 0.1) is 0 Å². The number of carboxylic acids is 1. The number of carbonyl (C=O) groups excluding carboxylic acids is 1. The van der Waals surface area contributed by atoms with E-state index in [0.717, 1.165) is 38.9 Å². The minimum atomic E-state index is -0.961. The number of hydrogen-bond acceptors (Lipinski definition) is 8. The summed E-state index contributed by atoms with van der Waals surface area (Å²) in [6.07, 6.45) is 0.959. The Morgan fingerprint density at radius 2 is 1.53 bits per heavy atom. The zero-order valence-corrected chi connectivity index (χ0v) is 28.3. The zero-order valence-electron chi connectivity index (χ0n) is 27.5. The minimum absolute atomic E-state index is 0.0375. The first-order chi connectivity index (χ1) is 24.9. The SMILES string of the molecule is O=C(NCc1cccc(-c2ccc([C@H]3O[C@@H](CSc4ccccc4C(=O)O)C[C@@H](c4ccc(CO)cc4)O3)cc2)c1)c1cnc2ccccc2n1. The first kappa shape index (κ1) is 34.1. The molecule has 1 saturated heterocycles. The van der Waals surface area contributed by atoms with Gasteiger partial charge in [-0.3, -0.25) is 9.78 Å². The maximum absolute atomic E-state index is 12.9. The number of aromatic nitrogens is 2. The Labute approximate surface area is 299 Å². The first-order valence-electron chi connectivity index (χ1n) is 16.6. The van der Waals surface area contributed by atoms with Gasteiger partial charge in [-0.05, 0) is 58.1 Å². The fourth-order valence-corrected chi connectivity index (χ4v) is 7.07. The summed E-state index contributed by atoms with van der Waals surface area (Å²) in [5.41, 5.74) is 7.54. The highest BCUT2D eigenvalue weighted by atomic mass is 32.2. The molecule has 5 aromatic carbocycles. The molecule has 1 aliphatic heterocycles. The summed E-state index contributed by atoms with van der Waals surface area (Å²) in [5, 5.41) is 22.1. The van der Waals surface area contributed by atoms with Gasteiger partial charge in [-0.1, -0.05) is 91.0 Å². The van der Waals surface area contributed by atoms with Crippen LogP contribution in [-0.2, 0) is 22.6 Å². The van der Waals surface area contributed by atoms with Crippen molar-refractivity contribution >= 4 is 34.7 Å². The second-order valence-corrected chi connectivity index (χ2v) is 13.3. The van der Waals surface area contributed by atoms with Gasteiger partial charge >= 0.3 is 5.97 Å². The number of carboxylic acid groups (broad SMARTS) is 1. The number of amides is 1. The topological polar surface area (TPSA) is 131 Å². The molecule has 1 aromatic heterocycles. The van der Waals surface area contributed by atoms with E-state index >= 15 is 0 Å². The molecule has 0 radical (unpaired) electrons. The third-order valence-corrected chi connectivity index (χ3v) is 9.94. The van der Waals surface area contributed by atoms with Crippen LogP contribution in [0.1, 0.15) is 61.9 Å². The summed E-state index contributed by atoms with van der Waals surface area (Å²) in [6.45, 7) is 0.296. The molecular weight excluding hydrogens is 663 g/mol. The molecule has 1 amide bonds. The van der Waals surface area contributed by atoms with Crippen molar-refractivity contribution in [3.63, 3.8) is 0 Å². The fourth-order valence-electron chi connectivity index (χ4n) is 6.01. The van der Waals surface area contributed by atoms with Crippen LogP contribution in [0.5, 0.6) is 0 Å². The largest absolute Gasteiger partial charge is 0.478 e. The maximum atomic E-state index is 12.9. The molecule has 0 unspecified atom stereocenters. The monoisotopic (exact) mass is 697 g/mol. The molecule has 2 heterocycles. The molecule has 0 spiro atoms. The van der Waals surface area contributed by atoms with E-state index in [-0.39, 0.29) is 36.0 Å². The van der Waals surface area contributed by atoms with Crippen LogP contribution in [0.25, 0.3) is 22.2 Å². The smallest absolute Gasteiger partial charge is 0.336 e. The predicted octanol–water partition coefficient (Wildman–Crippen LogP) is 7.76. The van der Waals surface area contributed by atoms with Crippen LogP contribution in [0.4, 0.5) is 0 Å². The van der Waals surface area contributed by atoms with E-state index < -0.39 is 12.3 Å². The van der Waals surface area contributed by atoms with Gasteiger partial charge in [-0.25, -0.2) is 9.78 Å². The molecule has 3 atom stereocenters. The third-order valence-electron chi connectivity index (χ3n) is 8.73. The van der Waals surface area contributed by atoms with Crippen molar-refractivity contribution in [2.24, 2.45) is 0 Å². The van der Waals surface area contributed by atoms with Gasteiger partial charge in [0.2, 0.25) is 0 Å². The molecule has 51 heavy (non-hydrogen) atoms. The Morgan fingerprint density at radius 3 is 2.31 bits per heavy atom. The van der Waals surface area contributed by atoms with Gasteiger partial charge in [0, 0.05) is 29.2 Å². The number of ether oxygens (including phenoxy) is 2. The lowest BCUT2D eigenvalue weighted by Crippen LogP contribution is -2.31. The molecule has 7 rings (SSSR count). The molecule has 10 heteroatoms. The number of rotatable bonds is 11. The number of nitrogens with zero attached hydrogens (tertiary/aromatic N) is 2. The molecule has 0 bridgehead atoms. The predicted molar refractivity (Wildman–Crippen MR) is 195 cm³/mol.